The van der Waals surface area contributed by atoms with E-state index in [4.69, 9.17) is 14.5 Å². The second kappa shape index (κ2) is 6.48. The predicted molar refractivity (Wildman–Crippen MR) is 117 cm³/mol. The van der Waals surface area contributed by atoms with Gasteiger partial charge in [-0.05, 0) is 42.3 Å². The van der Waals surface area contributed by atoms with Crippen molar-refractivity contribution in [1.29, 1.82) is 0 Å². The Morgan fingerprint density at radius 3 is 2.93 bits per heavy atom. The molecular formula is C23H20N4O2S. The van der Waals surface area contributed by atoms with Gasteiger partial charge in [0.2, 0.25) is 0 Å². The third-order valence-corrected chi connectivity index (χ3v) is 6.65. The highest BCUT2D eigenvalue weighted by molar-refractivity contribution is 7.19. The Hall–Kier alpha value is -3.03. The van der Waals surface area contributed by atoms with E-state index >= 15 is 0 Å². The van der Waals surface area contributed by atoms with Gasteiger partial charge in [0.1, 0.15) is 23.5 Å². The maximum Gasteiger partial charge on any atom is 0.189 e. The summed E-state index contributed by atoms with van der Waals surface area (Å²) in [6, 6.07) is 14.3. The Labute approximate surface area is 177 Å². The average Bonchev–Trinajstić information content (AvgIpc) is 3.31. The molecule has 2 aromatic carbocycles. The molecule has 7 heteroatoms. The summed E-state index contributed by atoms with van der Waals surface area (Å²) < 4.78 is 13.7. The van der Waals surface area contributed by atoms with Crippen LogP contribution in [0.2, 0.25) is 0 Å². The van der Waals surface area contributed by atoms with E-state index in [9.17, 15) is 0 Å². The lowest BCUT2D eigenvalue weighted by atomic mass is 9.94. The summed E-state index contributed by atoms with van der Waals surface area (Å²) in [5.74, 6) is 1.45. The third kappa shape index (κ3) is 2.93. The van der Waals surface area contributed by atoms with Crippen molar-refractivity contribution in [3.8, 4) is 5.75 Å². The standard InChI is InChI=1S/C23H20N4O2S/c1-23(2)10-17-18(11-29-23)30-22-20(17)21-25-19(26-27(21)13-24-22)12-28-16-8-7-14-5-3-4-6-15(14)9-16/h3-9,13H,10-12H2,1-2H3. The fourth-order valence-electron chi connectivity index (χ4n) is 4.05. The van der Waals surface area contributed by atoms with Crippen LogP contribution in [0, 0.1) is 0 Å². The number of fused-ring (bicyclic) bond motifs is 6. The molecule has 0 amide bonds. The number of nitrogens with zero attached hydrogens (tertiary/aromatic N) is 4. The van der Waals surface area contributed by atoms with Crippen LogP contribution in [0.15, 0.2) is 48.8 Å². The van der Waals surface area contributed by atoms with E-state index < -0.39 is 0 Å². The minimum atomic E-state index is -0.185. The molecule has 150 valence electrons. The molecule has 0 radical (unpaired) electrons. The zero-order valence-corrected chi connectivity index (χ0v) is 17.6. The molecule has 0 saturated heterocycles. The van der Waals surface area contributed by atoms with E-state index in [1.54, 1.807) is 22.2 Å². The topological polar surface area (TPSA) is 61.5 Å². The van der Waals surface area contributed by atoms with Crippen LogP contribution in [-0.2, 0) is 24.4 Å². The summed E-state index contributed by atoms with van der Waals surface area (Å²) in [4.78, 5) is 11.6. The summed E-state index contributed by atoms with van der Waals surface area (Å²) in [6.45, 7) is 5.18. The lowest BCUT2D eigenvalue weighted by molar-refractivity contribution is -0.0379. The monoisotopic (exact) mass is 416 g/mol. The SMILES string of the molecule is CC1(C)Cc2c(sc3ncn4nc(COc5ccc6ccccc6c5)nc4c23)CO1. The van der Waals surface area contributed by atoms with Crippen molar-refractivity contribution in [1.82, 2.24) is 19.6 Å². The fourth-order valence-corrected chi connectivity index (χ4v) is 5.12. The fraction of sp³-hybridized carbons (Fsp3) is 0.261. The second-order valence-corrected chi connectivity index (χ2v) is 9.33. The highest BCUT2D eigenvalue weighted by Gasteiger charge is 2.30. The Morgan fingerprint density at radius 2 is 2.03 bits per heavy atom. The minimum Gasteiger partial charge on any atom is -0.486 e. The van der Waals surface area contributed by atoms with E-state index in [1.165, 1.54) is 15.8 Å². The number of aromatic nitrogens is 4. The van der Waals surface area contributed by atoms with Crippen LogP contribution < -0.4 is 4.74 Å². The third-order valence-electron chi connectivity index (χ3n) is 5.54. The maximum absolute atomic E-state index is 5.99. The second-order valence-electron chi connectivity index (χ2n) is 8.25. The van der Waals surface area contributed by atoms with E-state index in [1.807, 2.05) is 24.3 Å². The molecule has 3 aromatic heterocycles. The van der Waals surface area contributed by atoms with Gasteiger partial charge in [0.25, 0.3) is 0 Å². The van der Waals surface area contributed by atoms with Crippen LogP contribution in [0.5, 0.6) is 5.75 Å². The summed E-state index contributed by atoms with van der Waals surface area (Å²) in [7, 11) is 0. The molecule has 30 heavy (non-hydrogen) atoms. The predicted octanol–water partition coefficient (Wildman–Crippen LogP) is 4.92. The molecule has 1 aliphatic rings. The van der Waals surface area contributed by atoms with Gasteiger partial charge in [-0.25, -0.2) is 14.5 Å². The zero-order chi connectivity index (χ0) is 20.3. The average molecular weight is 417 g/mol. The van der Waals surface area contributed by atoms with Gasteiger partial charge in [0.15, 0.2) is 11.5 Å². The maximum atomic E-state index is 5.99. The first-order valence-corrected chi connectivity index (χ1v) is 10.8. The molecule has 0 aliphatic carbocycles. The van der Waals surface area contributed by atoms with Gasteiger partial charge < -0.3 is 9.47 Å². The van der Waals surface area contributed by atoms with Crippen molar-refractivity contribution >= 4 is 38.0 Å². The van der Waals surface area contributed by atoms with Crippen LogP contribution in [0.25, 0.3) is 26.6 Å². The first-order valence-electron chi connectivity index (χ1n) is 9.96. The number of ether oxygens (including phenoxy) is 2. The normalized spacial score (nSPS) is 15.7. The Balaban J connectivity index is 1.35. The Bertz CT molecular complexity index is 1420. The van der Waals surface area contributed by atoms with Gasteiger partial charge in [-0.1, -0.05) is 30.3 Å². The number of rotatable bonds is 3. The van der Waals surface area contributed by atoms with Crippen molar-refractivity contribution in [3.05, 3.63) is 65.1 Å². The first-order chi connectivity index (χ1) is 14.6. The molecule has 5 aromatic rings. The number of hydrogen-bond acceptors (Lipinski definition) is 6. The lowest BCUT2D eigenvalue weighted by Crippen LogP contribution is -2.31. The van der Waals surface area contributed by atoms with Gasteiger partial charge >= 0.3 is 0 Å². The van der Waals surface area contributed by atoms with Crippen molar-refractivity contribution in [2.24, 2.45) is 0 Å². The molecule has 4 heterocycles. The first kappa shape index (κ1) is 17.8. The van der Waals surface area contributed by atoms with Crippen molar-refractivity contribution in [2.75, 3.05) is 0 Å². The highest BCUT2D eigenvalue weighted by Crippen LogP contribution is 2.39. The Morgan fingerprint density at radius 1 is 1.17 bits per heavy atom. The van der Waals surface area contributed by atoms with Gasteiger partial charge in [-0.2, -0.15) is 0 Å². The van der Waals surface area contributed by atoms with Crippen LogP contribution in [0.1, 0.15) is 30.1 Å². The van der Waals surface area contributed by atoms with Crippen LogP contribution >= 0.6 is 11.3 Å². The largest absolute Gasteiger partial charge is 0.486 e. The molecule has 0 unspecified atom stereocenters. The number of benzene rings is 2. The van der Waals surface area contributed by atoms with E-state index in [0.29, 0.717) is 19.0 Å². The number of thiophene rings is 1. The van der Waals surface area contributed by atoms with Gasteiger partial charge in [0.05, 0.1) is 17.6 Å². The summed E-state index contributed by atoms with van der Waals surface area (Å²) >= 11 is 1.69. The van der Waals surface area contributed by atoms with Gasteiger partial charge in [-0.3, -0.25) is 0 Å². The molecule has 0 atom stereocenters. The van der Waals surface area contributed by atoms with Crippen molar-refractivity contribution < 1.29 is 9.47 Å². The highest BCUT2D eigenvalue weighted by atomic mass is 32.1. The van der Waals surface area contributed by atoms with E-state index in [0.717, 1.165) is 33.4 Å². The zero-order valence-electron chi connectivity index (χ0n) is 16.8. The molecular weight excluding hydrogens is 396 g/mol. The molecule has 0 fully saturated rings. The molecule has 1 aliphatic heterocycles. The number of hydrogen-bond donors (Lipinski definition) is 0. The Kier molecular flexibility index (Phi) is 3.85. The van der Waals surface area contributed by atoms with Crippen molar-refractivity contribution in [2.45, 2.75) is 39.1 Å². The van der Waals surface area contributed by atoms with Crippen LogP contribution in [-0.4, -0.2) is 25.2 Å². The molecule has 6 rings (SSSR count). The van der Waals surface area contributed by atoms with Gasteiger partial charge in [-0.15, -0.1) is 16.4 Å². The smallest absolute Gasteiger partial charge is 0.189 e. The molecule has 0 saturated carbocycles. The molecule has 0 spiro atoms. The quantitative estimate of drug-likeness (QED) is 0.418. The van der Waals surface area contributed by atoms with E-state index in [-0.39, 0.29) is 5.60 Å². The van der Waals surface area contributed by atoms with Crippen LogP contribution in [0.4, 0.5) is 0 Å². The summed E-state index contributed by atoms with van der Waals surface area (Å²) in [5.41, 5.74) is 1.95. The minimum absolute atomic E-state index is 0.185. The summed E-state index contributed by atoms with van der Waals surface area (Å²) in [5, 5.41) is 8.04. The lowest BCUT2D eigenvalue weighted by Gasteiger charge is -2.30. The van der Waals surface area contributed by atoms with Crippen molar-refractivity contribution in [3.63, 3.8) is 0 Å². The molecule has 0 N–H and O–H groups in total. The molecule has 6 nitrogen and oxygen atoms in total. The van der Waals surface area contributed by atoms with Crippen LogP contribution in [0.3, 0.4) is 0 Å². The molecule has 0 bridgehead atoms. The van der Waals surface area contributed by atoms with Gasteiger partial charge in [0, 0.05) is 11.3 Å². The summed E-state index contributed by atoms with van der Waals surface area (Å²) in [6.07, 6.45) is 2.58. The van der Waals surface area contributed by atoms with E-state index in [2.05, 4.69) is 42.1 Å².